The van der Waals surface area contributed by atoms with Gasteiger partial charge in [-0.2, -0.15) is 0 Å². The summed E-state index contributed by atoms with van der Waals surface area (Å²) in [5, 5.41) is 2.94. The van der Waals surface area contributed by atoms with Gasteiger partial charge < -0.3 is 10.1 Å². The van der Waals surface area contributed by atoms with Gasteiger partial charge in [0.2, 0.25) is 0 Å². The summed E-state index contributed by atoms with van der Waals surface area (Å²) in [6.45, 7) is 7.02. The van der Waals surface area contributed by atoms with Gasteiger partial charge in [-0.05, 0) is 19.4 Å². The van der Waals surface area contributed by atoms with Crippen LogP contribution in [0.2, 0.25) is 0 Å². The van der Waals surface area contributed by atoms with Gasteiger partial charge in [0.25, 0.3) is 0 Å². The highest BCUT2D eigenvalue weighted by atomic mass is 16.6. The van der Waals surface area contributed by atoms with Gasteiger partial charge in [0.05, 0.1) is 5.54 Å². The van der Waals surface area contributed by atoms with Crippen molar-refractivity contribution in [2.75, 3.05) is 13.1 Å². The van der Waals surface area contributed by atoms with Crippen LogP contribution in [0.25, 0.3) is 0 Å². The average Bonchev–Trinajstić information content (AvgIpc) is 2.63. The molecule has 2 saturated heterocycles. The Bertz CT molecular complexity index is 490. The lowest BCUT2D eigenvalue weighted by molar-refractivity contribution is -0.0419. The highest BCUT2D eigenvalue weighted by molar-refractivity contribution is 5.72. The minimum Gasteiger partial charge on any atom is -0.440 e. The zero-order chi connectivity index (χ0) is 14.2. The van der Waals surface area contributed by atoms with E-state index in [2.05, 4.69) is 48.3 Å². The first-order chi connectivity index (χ1) is 9.51. The van der Waals surface area contributed by atoms with Gasteiger partial charge in [0.1, 0.15) is 5.60 Å². The van der Waals surface area contributed by atoms with Crippen molar-refractivity contribution in [3.63, 3.8) is 0 Å². The number of hydrogen-bond acceptors (Lipinski definition) is 3. The minimum absolute atomic E-state index is 0.272. The Labute approximate surface area is 120 Å². The van der Waals surface area contributed by atoms with Crippen LogP contribution in [0.1, 0.15) is 32.3 Å². The van der Waals surface area contributed by atoms with Gasteiger partial charge in [-0.15, -0.1) is 0 Å². The molecule has 0 radical (unpaired) electrons. The van der Waals surface area contributed by atoms with Crippen molar-refractivity contribution in [2.45, 2.75) is 44.4 Å². The Balaban J connectivity index is 1.64. The molecule has 4 heteroatoms. The van der Waals surface area contributed by atoms with Crippen molar-refractivity contribution in [3.05, 3.63) is 35.9 Å². The Morgan fingerprint density at radius 1 is 1.20 bits per heavy atom. The second-order valence-electron chi connectivity index (χ2n) is 6.40. The maximum absolute atomic E-state index is 11.6. The Morgan fingerprint density at radius 2 is 1.85 bits per heavy atom. The van der Waals surface area contributed by atoms with Crippen LogP contribution in [0.5, 0.6) is 0 Å². The number of hydrogen-bond donors (Lipinski definition) is 1. The fourth-order valence-electron chi connectivity index (χ4n) is 3.34. The number of nitrogens with zero attached hydrogens (tertiary/aromatic N) is 1. The van der Waals surface area contributed by atoms with Crippen LogP contribution >= 0.6 is 0 Å². The van der Waals surface area contributed by atoms with Crippen LogP contribution in [0.4, 0.5) is 4.79 Å². The second kappa shape index (κ2) is 4.77. The average molecular weight is 274 g/mol. The lowest BCUT2D eigenvalue weighted by Gasteiger charge is -2.44. The summed E-state index contributed by atoms with van der Waals surface area (Å²) in [6, 6.07) is 10.5. The number of rotatable bonds is 2. The molecule has 0 saturated carbocycles. The third-order valence-electron chi connectivity index (χ3n) is 4.75. The maximum Gasteiger partial charge on any atom is 0.408 e. The molecule has 3 rings (SSSR count). The normalized spacial score (nSPS) is 24.4. The van der Waals surface area contributed by atoms with E-state index in [1.165, 1.54) is 5.56 Å². The summed E-state index contributed by atoms with van der Waals surface area (Å²) in [7, 11) is 0. The Morgan fingerprint density at radius 3 is 2.40 bits per heavy atom. The van der Waals surface area contributed by atoms with Crippen molar-refractivity contribution in [2.24, 2.45) is 0 Å². The smallest absolute Gasteiger partial charge is 0.408 e. The second-order valence-corrected chi connectivity index (χ2v) is 6.40. The summed E-state index contributed by atoms with van der Waals surface area (Å²) < 4.78 is 5.63. The molecule has 2 aliphatic rings. The summed E-state index contributed by atoms with van der Waals surface area (Å²) in [6.07, 6.45) is 1.52. The summed E-state index contributed by atoms with van der Waals surface area (Å²) in [5.41, 5.74) is 0.726. The third-order valence-corrected chi connectivity index (χ3v) is 4.75. The summed E-state index contributed by atoms with van der Waals surface area (Å²) in [4.78, 5) is 14.0. The number of alkyl carbamates (subject to hydrolysis) is 1. The molecule has 1 amide bonds. The third kappa shape index (κ3) is 2.29. The van der Waals surface area contributed by atoms with Gasteiger partial charge in [-0.1, -0.05) is 30.3 Å². The van der Waals surface area contributed by atoms with E-state index in [4.69, 9.17) is 4.74 Å². The molecule has 1 aromatic rings. The molecule has 1 aromatic carbocycles. The molecule has 0 atom stereocenters. The van der Waals surface area contributed by atoms with E-state index in [0.717, 1.165) is 32.5 Å². The number of ether oxygens (including phenoxy) is 1. The van der Waals surface area contributed by atoms with Gasteiger partial charge in [-0.25, -0.2) is 4.79 Å². The van der Waals surface area contributed by atoms with E-state index >= 15 is 0 Å². The molecule has 2 aliphatic heterocycles. The summed E-state index contributed by atoms with van der Waals surface area (Å²) in [5.74, 6) is 0. The molecule has 2 heterocycles. The van der Waals surface area contributed by atoms with Crippen molar-refractivity contribution < 1.29 is 9.53 Å². The Hall–Kier alpha value is -1.55. The first-order valence-electron chi connectivity index (χ1n) is 7.28. The number of amides is 1. The Kier molecular flexibility index (Phi) is 3.21. The molecule has 108 valence electrons. The lowest BCUT2D eigenvalue weighted by Crippen LogP contribution is -2.57. The van der Waals surface area contributed by atoms with Crippen LogP contribution < -0.4 is 5.32 Å². The fraction of sp³-hybridized carbons (Fsp3) is 0.562. The van der Waals surface area contributed by atoms with Crippen LogP contribution in [0.15, 0.2) is 30.3 Å². The van der Waals surface area contributed by atoms with E-state index in [-0.39, 0.29) is 17.2 Å². The first kappa shape index (κ1) is 13.4. The van der Waals surface area contributed by atoms with Crippen LogP contribution in [-0.4, -0.2) is 35.2 Å². The SMILES string of the molecule is CC1(C)NC(=O)OC12CCN(Cc1ccccc1)CC2. The van der Waals surface area contributed by atoms with E-state index in [1.807, 2.05) is 6.07 Å². The number of carbonyl (C=O) groups is 1. The molecule has 1 N–H and O–H groups in total. The number of benzene rings is 1. The first-order valence-corrected chi connectivity index (χ1v) is 7.28. The van der Waals surface area contributed by atoms with Gasteiger partial charge in [-0.3, -0.25) is 4.90 Å². The molecule has 4 nitrogen and oxygen atoms in total. The van der Waals surface area contributed by atoms with Gasteiger partial charge in [0.15, 0.2) is 0 Å². The predicted octanol–water partition coefficient (Wildman–Crippen LogP) is 2.54. The van der Waals surface area contributed by atoms with Crippen LogP contribution in [-0.2, 0) is 11.3 Å². The number of nitrogens with one attached hydrogen (secondary N) is 1. The van der Waals surface area contributed by atoms with Crippen molar-refractivity contribution >= 4 is 6.09 Å². The van der Waals surface area contributed by atoms with Crippen LogP contribution in [0.3, 0.4) is 0 Å². The molecule has 20 heavy (non-hydrogen) atoms. The molecule has 0 aromatic heterocycles. The predicted molar refractivity (Wildman–Crippen MR) is 77.4 cm³/mol. The van der Waals surface area contributed by atoms with E-state index in [1.54, 1.807) is 0 Å². The van der Waals surface area contributed by atoms with Crippen molar-refractivity contribution in [1.29, 1.82) is 0 Å². The lowest BCUT2D eigenvalue weighted by atomic mass is 9.76. The van der Waals surface area contributed by atoms with E-state index in [0.29, 0.717) is 0 Å². The number of likely N-dealkylation sites (tertiary alicyclic amines) is 1. The standard InChI is InChI=1S/C16H22N2O2/c1-15(2)16(20-14(19)17-15)8-10-18(11-9-16)12-13-6-4-3-5-7-13/h3-7H,8-12H2,1-2H3,(H,17,19). The van der Waals surface area contributed by atoms with Gasteiger partial charge >= 0.3 is 6.09 Å². The number of piperidine rings is 1. The molecular weight excluding hydrogens is 252 g/mol. The molecule has 0 aliphatic carbocycles. The zero-order valence-electron chi connectivity index (χ0n) is 12.2. The van der Waals surface area contributed by atoms with E-state index < -0.39 is 0 Å². The molecular formula is C16H22N2O2. The number of carbonyl (C=O) groups excluding carboxylic acids is 1. The fourth-order valence-corrected chi connectivity index (χ4v) is 3.34. The topological polar surface area (TPSA) is 41.6 Å². The highest BCUT2D eigenvalue weighted by Crippen LogP contribution is 2.40. The molecule has 2 fully saturated rings. The maximum atomic E-state index is 11.6. The van der Waals surface area contributed by atoms with Crippen LogP contribution in [0, 0.1) is 0 Å². The highest BCUT2D eigenvalue weighted by Gasteiger charge is 2.55. The molecule has 0 unspecified atom stereocenters. The van der Waals surface area contributed by atoms with Gasteiger partial charge in [0, 0.05) is 32.5 Å². The zero-order valence-corrected chi connectivity index (χ0v) is 12.2. The monoisotopic (exact) mass is 274 g/mol. The largest absolute Gasteiger partial charge is 0.440 e. The molecule has 1 spiro atoms. The minimum atomic E-state index is -0.336. The van der Waals surface area contributed by atoms with Crippen molar-refractivity contribution in [3.8, 4) is 0 Å². The summed E-state index contributed by atoms with van der Waals surface area (Å²) >= 11 is 0. The quantitative estimate of drug-likeness (QED) is 0.901. The molecule has 0 bridgehead atoms. The van der Waals surface area contributed by atoms with E-state index in [9.17, 15) is 4.79 Å². The van der Waals surface area contributed by atoms with Crippen molar-refractivity contribution in [1.82, 2.24) is 10.2 Å².